The lowest BCUT2D eigenvalue weighted by Crippen LogP contribution is -2.54. The monoisotopic (exact) mass is 556 g/mol. The van der Waals surface area contributed by atoms with Gasteiger partial charge in [0.1, 0.15) is 5.78 Å². The van der Waals surface area contributed by atoms with E-state index in [4.69, 9.17) is 0 Å². The van der Waals surface area contributed by atoms with Crippen LogP contribution in [-0.4, -0.2) is 93.9 Å². The van der Waals surface area contributed by atoms with Crippen LogP contribution < -0.4 is 0 Å². The van der Waals surface area contributed by atoms with Crippen molar-refractivity contribution < 1.29 is 15.0 Å². The molecular weight excluding hydrogens is 525 g/mol. The van der Waals surface area contributed by atoms with Crippen LogP contribution in [0.4, 0.5) is 0 Å². The van der Waals surface area contributed by atoms with Gasteiger partial charge in [-0.3, -0.25) is 4.79 Å². The second kappa shape index (κ2) is 10.6. The number of carbonyl (C=O) groups is 1. The zero-order chi connectivity index (χ0) is 21.5. The fraction of sp³-hybridized carbons (Fsp3) is 0.952. The van der Waals surface area contributed by atoms with Crippen LogP contribution in [-0.2, 0) is 4.79 Å². The Balaban J connectivity index is 1.32. The number of hydrogen-bond acceptors (Lipinski definition) is 10. The first-order valence-electron chi connectivity index (χ1n) is 11.3. The number of hydrogen-bond donors (Lipinski definition) is 2. The lowest BCUT2D eigenvalue weighted by atomic mass is 9.78. The van der Waals surface area contributed by atoms with Crippen molar-refractivity contribution in [3.63, 3.8) is 0 Å². The molecule has 6 atom stereocenters. The third kappa shape index (κ3) is 4.75. The summed E-state index contributed by atoms with van der Waals surface area (Å²) >= 11 is 13.7. The van der Waals surface area contributed by atoms with Gasteiger partial charge in [0.15, 0.2) is 0 Å². The molecule has 0 radical (unpaired) electrons. The second-order valence-corrected chi connectivity index (χ2v) is 18.6. The van der Waals surface area contributed by atoms with Crippen molar-refractivity contribution >= 4 is 88.1 Å². The molecule has 5 rings (SSSR count). The SMILES string of the molecule is O=C1[C@@H]([C@H](O)[C@H]2CSCCC23SCCS3)CSC[C@@H]1[C@@H](O)[C@@H]1CSCCC12SCCS2. The predicted molar refractivity (Wildman–Crippen MR) is 147 cm³/mol. The van der Waals surface area contributed by atoms with Gasteiger partial charge in [-0.05, 0) is 24.3 Å². The van der Waals surface area contributed by atoms with Crippen LogP contribution >= 0.6 is 82.3 Å². The molecule has 5 saturated heterocycles. The van der Waals surface area contributed by atoms with Crippen LogP contribution in [0.15, 0.2) is 0 Å². The minimum absolute atomic E-state index is 0.0996. The van der Waals surface area contributed by atoms with Crippen molar-refractivity contribution in [1.29, 1.82) is 0 Å². The van der Waals surface area contributed by atoms with Crippen LogP contribution in [0.5, 0.6) is 0 Å². The summed E-state index contributed by atoms with van der Waals surface area (Å²) in [6.45, 7) is 0. The van der Waals surface area contributed by atoms with Crippen molar-refractivity contribution in [1.82, 2.24) is 0 Å². The van der Waals surface area contributed by atoms with Crippen LogP contribution in [0.1, 0.15) is 12.8 Å². The second-order valence-electron chi connectivity index (χ2n) is 9.01. The highest BCUT2D eigenvalue weighted by Crippen LogP contribution is 2.58. The molecule has 0 aliphatic carbocycles. The molecule has 5 aliphatic heterocycles. The molecule has 0 amide bonds. The molecule has 3 nitrogen and oxygen atoms in total. The molecule has 10 heteroatoms. The molecule has 5 heterocycles. The Labute approximate surface area is 216 Å². The fourth-order valence-electron chi connectivity index (χ4n) is 5.71. The van der Waals surface area contributed by atoms with Gasteiger partial charge in [0, 0.05) is 57.9 Å². The molecule has 0 unspecified atom stereocenters. The molecular formula is C21H32O3S7. The molecule has 2 spiro atoms. The number of aliphatic hydroxyl groups is 2. The zero-order valence-electron chi connectivity index (χ0n) is 17.6. The molecule has 5 aliphatic rings. The van der Waals surface area contributed by atoms with Gasteiger partial charge in [-0.2, -0.15) is 35.3 Å². The number of thioether (sulfide) groups is 7. The third-order valence-electron chi connectivity index (χ3n) is 7.44. The third-order valence-corrected chi connectivity index (χ3v) is 18.4. The van der Waals surface area contributed by atoms with Crippen LogP contribution in [0, 0.1) is 23.7 Å². The number of Topliss-reactive ketones (excluding diaryl/α,β-unsaturated/α-hetero) is 1. The van der Waals surface area contributed by atoms with Crippen LogP contribution in [0.25, 0.3) is 0 Å². The van der Waals surface area contributed by atoms with E-state index in [1.807, 2.05) is 70.6 Å². The standard InChI is InChI=1S/C21H32O3S7/c22-17-13(18(23)15-11-25-3-1-20(15)28-5-6-29-20)9-27-10-14(17)19(24)16-12-26-4-2-21(16)30-7-8-31-21/h13-16,18-19,23-24H,1-12H2/t13-,14-,15-,16+,18+,19-/m0/s1. The van der Waals surface area contributed by atoms with Crippen molar-refractivity contribution in [3.05, 3.63) is 0 Å². The van der Waals surface area contributed by atoms with E-state index in [1.54, 1.807) is 11.8 Å². The molecule has 176 valence electrons. The summed E-state index contributed by atoms with van der Waals surface area (Å²) in [7, 11) is 0. The van der Waals surface area contributed by atoms with Gasteiger partial charge >= 0.3 is 0 Å². The molecule has 0 aromatic rings. The minimum atomic E-state index is -0.578. The van der Waals surface area contributed by atoms with E-state index in [2.05, 4.69) is 0 Å². The van der Waals surface area contributed by atoms with Crippen molar-refractivity contribution in [3.8, 4) is 0 Å². The van der Waals surface area contributed by atoms with Gasteiger partial charge in [0.05, 0.1) is 32.2 Å². The first-order chi connectivity index (χ1) is 15.1. The number of aliphatic hydroxyl groups excluding tert-OH is 2. The largest absolute Gasteiger partial charge is 0.392 e. The smallest absolute Gasteiger partial charge is 0.145 e. The van der Waals surface area contributed by atoms with Crippen molar-refractivity contribution in [2.75, 3.05) is 57.5 Å². The van der Waals surface area contributed by atoms with Gasteiger partial charge in [-0.25, -0.2) is 0 Å². The molecule has 0 aromatic carbocycles. The van der Waals surface area contributed by atoms with E-state index in [9.17, 15) is 15.0 Å². The van der Waals surface area contributed by atoms with Gasteiger partial charge in [0.2, 0.25) is 0 Å². The Morgan fingerprint density at radius 3 is 1.48 bits per heavy atom. The summed E-state index contributed by atoms with van der Waals surface area (Å²) in [6, 6.07) is 0. The summed E-state index contributed by atoms with van der Waals surface area (Å²) in [5.74, 6) is 10.1. The fourth-order valence-corrected chi connectivity index (χ4v) is 17.9. The van der Waals surface area contributed by atoms with Crippen LogP contribution in [0.2, 0.25) is 0 Å². The molecule has 0 bridgehead atoms. The van der Waals surface area contributed by atoms with E-state index in [0.717, 1.165) is 58.9 Å². The van der Waals surface area contributed by atoms with E-state index >= 15 is 0 Å². The maximum absolute atomic E-state index is 13.7. The molecule has 31 heavy (non-hydrogen) atoms. The molecule has 2 N–H and O–H groups in total. The summed E-state index contributed by atoms with van der Waals surface area (Å²) in [5, 5.41) is 23.1. The predicted octanol–water partition coefficient (Wildman–Crippen LogP) is 4.12. The Kier molecular flexibility index (Phi) is 8.43. The number of ketones is 1. The highest BCUT2D eigenvalue weighted by Gasteiger charge is 2.54. The van der Waals surface area contributed by atoms with E-state index in [-0.39, 0.29) is 37.6 Å². The average Bonchev–Trinajstić information content (AvgIpc) is 3.44. The molecule has 0 saturated carbocycles. The molecule has 0 aromatic heterocycles. The van der Waals surface area contributed by atoms with E-state index < -0.39 is 12.2 Å². The molecule has 5 fully saturated rings. The summed E-state index contributed by atoms with van der Waals surface area (Å²) in [6.07, 6.45) is 1.10. The first-order valence-corrected chi connectivity index (χ1v) is 18.7. The van der Waals surface area contributed by atoms with Gasteiger partial charge in [-0.1, -0.05) is 0 Å². The van der Waals surface area contributed by atoms with Gasteiger partial charge in [-0.15, -0.1) is 47.0 Å². The van der Waals surface area contributed by atoms with Gasteiger partial charge in [0.25, 0.3) is 0 Å². The maximum Gasteiger partial charge on any atom is 0.145 e. The van der Waals surface area contributed by atoms with E-state index in [1.165, 1.54) is 0 Å². The Morgan fingerprint density at radius 2 is 1.06 bits per heavy atom. The average molecular weight is 557 g/mol. The van der Waals surface area contributed by atoms with Crippen molar-refractivity contribution in [2.24, 2.45) is 23.7 Å². The minimum Gasteiger partial charge on any atom is -0.392 e. The van der Waals surface area contributed by atoms with Gasteiger partial charge < -0.3 is 10.2 Å². The highest BCUT2D eigenvalue weighted by atomic mass is 32.2. The van der Waals surface area contributed by atoms with Crippen LogP contribution in [0.3, 0.4) is 0 Å². The normalized spacial score (nSPS) is 39.7. The van der Waals surface area contributed by atoms with Crippen molar-refractivity contribution in [2.45, 2.75) is 33.2 Å². The van der Waals surface area contributed by atoms with E-state index in [0.29, 0.717) is 11.5 Å². The Morgan fingerprint density at radius 1 is 0.645 bits per heavy atom. The Hall–Kier alpha value is 2.04. The zero-order valence-corrected chi connectivity index (χ0v) is 23.3. The summed E-state index contributed by atoms with van der Waals surface area (Å²) in [5.41, 5.74) is 0. The number of rotatable bonds is 4. The highest BCUT2D eigenvalue weighted by molar-refractivity contribution is 8.22. The lowest BCUT2D eigenvalue weighted by molar-refractivity contribution is -0.135. The number of carbonyl (C=O) groups excluding carboxylic acids is 1. The Bertz CT molecular complexity index is 601. The maximum atomic E-state index is 13.7. The topological polar surface area (TPSA) is 57.5 Å². The first kappa shape index (κ1) is 24.7. The summed E-state index contributed by atoms with van der Waals surface area (Å²) < 4.78 is 0.199. The lowest BCUT2D eigenvalue weighted by Gasteiger charge is -2.47. The summed E-state index contributed by atoms with van der Waals surface area (Å²) in [4.78, 5) is 13.7. The quantitative estimate of drug-likeness (QED) is 0.529.